The van der Waals surface area contributed by atoms with Crippen LogP contribution in [0.2, 0.25) is 0 Å². The molecule has 1 N–H and O–H groups in total. The molecule has 1 atom stereocenters. The van der Waals surface area contributed by atoms with Crippen molar-refractivity contribution in [2.24, 2.45) is 0 Å². The fraction of sp³-hybridized carbons (Fsp3) is 0.273. The molecule has 0 fully saturated rings. The lowest BCUT2D eigenvalue weighted by atomic mass is 10.1. The van der Waals surface area contributed by atoms with Crippen LogP contribution >= 0.6 is 11.8 Å². The summed E-state index contributed by atoms with van der Waals surface area (Å²) in [5.74, 6) is 0.0333. The maximum atomic E-state index is 12.8. The highest BCUT2D eigenvalue weighted by Gasteiger charge is 2.20. The predicted octanol–water partition coefficient (Wildman–Crippen LogP) is 5.62. The van der Waals surface area contributed by atoms with Crippen molar-refractivity contribution in [1.82, 2.24) is 4.98 Å². The molecular weight excluding hydrogens is 340 g/mol. The number of carbonyl (C=O) groups excluding carboxylic acids is 1. The number of anilines is 1. The normalized spacial score (nSPS) is 12.1. The zero-order valence-corrected chi connectivity index (χ0v) is 16.3. The van der Waals surface area contributed by atoms with Gasteiger partial charge in [-0.1, -0.05) is 62.0 Å². The number of fused-ring (bicyclic) bond motifs is 1. The molecule has 0 radical (unpaired) electrons. The maximum absolute atomic E-state index is 12.8. The van der Waals surface area contributed by atoms with E-state index in [1.54, 1.807) is 0 Å². The molecule has 1 amide bonds. The Morgan fingerprint density at radius 3 is 2.62 bits per heavy atom. The van der Waals surface area contributed by atoms with Crippen molar-refractivity contribution < 1.29 is 4.79 Å². The Morgan fingerprint density at radius 2 is 1.85 bits per heavy atom. The number of aromatic nitrogens is 1. The van der Waals surface area contributed by atoms with Crippen LogP contribution in [0, 0.1) is 6.92 Å². The second kappa shape index (κ2) is 8.37. The molecule has 0 saturated heterocycles. The van der Waals surface area contributed by atoms with Gasteiger partial charge in [-0.3, -0.25) is 4.79 Å². The number of rotatable bonds is 6. The molecule has 0 aliphatic carbocycles. The number of amides is 1. The van der Waals surface area contributed by atoms with E-state index >= 15 is 0 Å². The Bertz CT molecular complexity index is 923. The van der Waals surface area contributed by atoms with Crippen molar-refractivity contribution >= 4 is 34.3 Å². The van der Waals surface area contributed by atoms with Gasteiger partial charge in [-0.15, -0.1) is 0 Å². The van der Waals surface area contributed by atoms with Gasteiger partial charge in [-0.2, -0.15) is 0 Å². The third kappa shape index (κ3) is 4.07. The summed E-state index contributed by atoms with van der Waals surface area (Å²) in [5.41, 5.74) is 4.22. The Labute approximate surface area is 159 Å². The number of nitrogens with one attached hydrogen (secondary N) is 1. The van der Waals surface area contributed by atoms with Crippen LogP contribution in [0.1, 0.15) is 31.4 Å². The number of para-hydroxylation sites is 2. The summed E-state index contributed by atoms with van der Waals surface area (Å²) in [6, 6.07) is 18.2. The molecule has 3 rings (SSSR count). The first-order chi connectivity index (χ1) is 12.6. The van der Waals surface area contributed by atoms with Gasteiger partial charge in [0, 0.05) is 11.1 Å². The van der Waals surface area contributed by atoms with E-state index in [0.717, 1.165) is 40.0 Å². The Hall–Kier alpha value is -2.33. The van der Waals surface area contributed by atoms with Crippen LogP contribution in [0.3, 0.4) is 0 Å². The molecular formula is C22H24N2OS. The van der Waals surface area contributed by atoms with Gasteiger partial charge in [0.25, 0.3) is 0 Å². The van der Waals surface area contributed by atoms with Crippen molar-refractivity contribution in [3.8, 4) is 0 Å². The summed E-state index contributed by atoms with van der Waals surface area (Å²) in [6.45, 7) is 6.22. The number of hydrogen-bond donors (Lipinski definition) is 1. The minimum absolute atomic E-state index is 0.0333. The van der Waals surface area contributed by atoms with Crippen molar-refractivity contribution in [3.05, 3.63) is 65.7 Å². The molecule has 3 aromatic rings. The summed E-state index contributed by atoms with van der Waals surface area (Å²) in [7, 11) is 0. The van der Waals surface area contributed by atoms with Crippen molar-refractivity contribution in [3.63, 3.8) is 0 Å². The van der Waals surface area contributed by atoms with Crippen LogP contribution in [0.4, 0.5) is 5.69 Å². The quantitative estimate of drug-likeness (QED) is 0.578. The fourth-order valence-electron chi connectivity index (χ4n) is 3.01. The lowest BCUT2D eigenvalue weighted by Crippen LogP contribution is -2.25. The van der Waals surface area contributed by atoms with Gasteiger partial charge in [0.05, 0.1) is 15.8 Å². The number of nitrogens with zero attached hydrogens (tertiary/aromatic N) is 1. The smallest absolute Gasteiger partial charge is 0.237 e. The molecule has 1 unspecified atom stereocenters. The molecule has 1 heterocycles. The highest BCUT2D eigenvalue weighted by Crippen LogP contribution is 2.29. The fourth-order valence-corrected chi connectivity index (χ4v) is 4.03. The standard InChI is InChI=1S/C22H24N2OS/c1-4-16-10-6-8-12-18(16)24-22(25)20(5-2)26-21-14-15(3)17-11-7-9-13-19(17)23-21/h6-14,20H,4-5H2,1-3H3,(H,24,25). The summed E-state index contributed by atoms with van der Waals surface area (Å²) < 4.78 is 0. The van der Waals surface area contributed by atoms with Gasteiger partial charge < -0.3 is 5.32 Å². The molecule has 0 aliphatic rings. The molecule has 2 aromatic carbocycles. The zero-order valence-electron chi connectivity index (χ0n) is 15.5. The SMILES string of the molecule is CCc1ccccc1NC(=O)C(CC)Sc1cc(C)c2ccccc2n1. The van der Waals surface area contributed by atoms with Crippen LogP contribution in [-0.2, 0) is 11.2 Å². The van der Waals surface area contributed by atoms with Crippen LogP contribution < -0.4 is 5.32 Å². The molecule has 0 spiro atoms. The Balaban J connectivity index is 1.80. The van der Waals surface area contributed by atoms with E-state index in [1.807, 2.05) is 43.3 Å². The van der Waals surface area contributed by atoms with E-state index in [1.165, 1.54) is 17.3 Å². The van der Waals surface area contributed by atoms with E-state index < -0.39 is 0 Å². The van der Waals surface area contributed by atoms with Crippen molar-refractivity contribution in [2.75, 3.05) is 5.32 Å². The van der Waals surface area contributed by atoms with Gasteiger partial charge >= 0.3 is 0 Å². The van der Waals surface area contributed by atoms with Gasteiger partial charge in [0.2, 0.25) is 5.91 Å². The van der Waals surface area contributed by atoms with Gasteiger partial charge in [-0.25, -0.2) is 4.98 Å². The molecule has 0 aliphatic heterocycles. The van der Waals surface area contributed by atoms with E-state index in [2.05, 4.69) is 37.4 Å². The topological polar surface area (TPSA) is 42.0 Å². The average Bonchev–Trinajstić information content (AvgIpc) is 2.66. The second-order valence-corrected chi connectivity index (χ2v) is 7.53. The number of pyridine rings is 1. The van der Waals surface area contributed by atoms with Gasteiger partial charge in [-0.05, 0) is 49.1 Å². The van der Waals surface area contributed by atoms with E-state index in [0.29, 0.717) is 0 Å². The number of thioether (sulfide) groups is 1. The minimum Gasteiger partial charge on any atom is -0.325 e. The van der Waals surface area contributed by atoms with E-state index in [4.69, 9.17) is 4.98 Å². The second-order valence-electron chi connectivity index (χ2n) is 6.31. The monoisotopic (exact) mass is 364 g/mol. The molecule has 3 nitrogen and oxygen atoms in total. The Morgan fingerprint density at radius 1 is 1.12 bits per heavy atom. The predicted molar refractivity (Wildman–Crippen MR) is 111 cm³/mol. The van der Waals surface area contributed by atoms with Crippen molar-refractivity contribution in [1.29, 1.82) is 0 Å². The highest BCUT2D eigenvalue weighted by atomic mass is 32.2. The first kappa shape index (κ1) is 18.5. The molecule has 134 valence electrons. The molecule has 26 heavy (non-hydrogen) atoms. The highest BCUT2D eigenvalue weighted by molar-refractivity contribution is 8.00. The number of aryl methyl sites for hydroxylation is 2. The summed E-state index contributed by atoms with van der Waals surface area (Å²) in [4.78, 5) is 17.5. The van der Waals surface area contributed by atoms with Gasteiger partial charge in [0.15, 0.2) is 0 Å². The number of hydrogen-bond acceptors (Lipinski definition) is 3. The largest absolute Gasteiger partial charge is 0.325 e. The lowest BCUT2D eigenvalue weighted by molar-refractivity contribution is -0.115. The number of carbonyl (C=O) groups is 1. The summed E-state index contributed by atoms with van der Waals surface area (Å²) in [5, 5.41) is 4.98. The zero-order chi connectivity index (χ0) is 18.5. The maximum Gasteiger partial charge on any atom is 0.237 e. The molecule has 4 heteroatoms. The molecule has 1 aromatic heterocycles. The lowest BCUT2D eigenvalue weighted by Gasteiger charge is -2.16. The van der Waals surface area contributed by atoms with Crippen LogP contribution in [0.25, 0.3) is 10.9 Å². The Kier molecular flexibility index (Phi) is 5.94. The minimum atomic E-state index is -0.173. The van der Waals surface area contributed by atoms with Crippen LogP contribution in [-0.4, -0.2) is 16.1 Å². The van der Waals surface area contributed by atoms with E-state index in [9.17, 15) is 4.79 Å². The van der Waals surface area contributed by atoms with Gasteiger partial charge in [0.1, 0.15) is 0 Å². The summed E-state index contributed by atoms with van der Waals surface area (Å²) in [6.07, 6.45) is 1.64. The molecule has 0 bridgehead atoms. The van der Waals surface area contributed by atoms with Crippen LogP contribution in [0.15, 0.2) is 59.6 Å². The van der Waals surface area contributed by atoms with Crippen molar-refractivity contribution in [2.45, 2.75) is 43.9 Å². The van der Waals surface area contributed by atoms with Crippen LogP contribution in [0.5, 0.6) is 0 Å². The number of benzene rings is 2. The first-order valence-electron chi connectivity index (χ1n) is 9.04. The first-order valence-corrected chi connectivity index (χ1v) is 9.92. The third-order valence-corrected chi connectivity index (χ3v) is 5.76. The average molecular weight is 365 g/mol. The molecule has 0 saturated carbocycles. The van der Waals surface area contributed by atoms with E-state index in [-0.39, 0.29) is 11.2 Å². The third-order valence-electron chi connectivity index (χ3n) is 4.48. The summed E-state index contributed by atoms with van der Waals surface area (Å²) >= 11 is 1.54.